The Kier molecular flexibility index (Phi) is 1.16. The standard InChI is InChI=1S/C11H20/c1-7-9(11(7,4)5)8-6-10(8,2)3/h7-9H,6H2,1-5H3. The van der Waals surface area contributed by atoms with Gasteiger partial charge in [-0.15, -0.1) is 0 Å². The molecule has 0 nitrogen and oxygen atoms in total. The summed E-state index contributed by atoms with van der Waals surface area (Å²) in [5, 5.41) is 0. The smallest absolute Gasteiger partial charge is 0.0292 e. The molecule has 0 aromatic rings. The molecule has 2 rings (SSSR count). The molecule has 2 fully saturated rings. The molecule has 0 amide bonds. The second-order valence-corrected chi connectivity index (χ2v) is 5.94. The molecule has 2 aliphatic rings. The van der Waals surface area contributed by atoms with E-state index in [0.717, 1.165) is 17.8 Å². The van der Waals surface area contributed by atoms with E-state index in [1.54, 1.807) is 0 Å². The lowest BCUT2D eigenvalue weighted by Crippen LogP contribution is -1.97. The van der Waals surface area contributed by atoms with E-state index in [-0.39, 0.29) is 0 Å². The molecular formula is C11H20. The topological polar surface area (TPSA) is 0 Å². The maximum absolute atomic E-state index is 2.43. The molecule has 0 heterocycles. The predicted octanol–water partition coefficient (Wildman–Crippen LogP) is 3.32. The van der Waals surface area contributed by atoms with Crippen molar-refractivity contribution in [3.8, 4) is 0 Å². The average Bonchev–Trinajstić information content (AvgIpc) is 2.52. The maximum Gasteiger partial charge on any atom is -0.0292 e. The number of hydrogen-bond donors (Lipinski definition) is 0. The summed E-state index contributed by atoms with van der Waals surface area (Å²) in [6, 6.07) is 0. The minimum Gasteiger partial charge on any atom is -0.0617 e. The molecule has 0 saturated heterocycles. The molecular weight excluding hydrogens is 132 g/mol. The highest BCUT2D eigenvalue weighted by atomic mass is 14.7. The minimum atomic E-state index is 0.665. The molecule has 64 valence electrons. The van der Waals surface area contributed by atoms with Crippen molar-refractivity contribution in [2.75, 3.05) is 0 Å². The van der Waals surface area contributed by atoms with Crippen LogP contribution < -0.4 is 0 Å². The van der Waals surface area contributed by atoms with Gasteiger partial charge in [0.2, 0.25) is 0 Å². The maximum atomic E-state index is 2.43. The molecule has 2 aliphatic carbocycles. The lowest BCUT2D eigenvalue weighted by Gasteiger charge is -2.04. The van der Waals surface area contributed by atoms with Gasteiger partial charge in [0.05, 0.1) is 0 Å². The number of hydrogen-bond acceptors (Lipinski definition) is 0. The quantitative estimate of drug-likeness (QED) is 0.540. The third-order valence-electron chi connectivity index (χ3n) is 4.49. The molecule has 0 aromatic carbocycles. The fourth-order valence-corrected chi connectivity index (χ4v) is 2.93. The summed E-state index contributed by atoms with van der Waals surface area (Å²) < 4.78 is 0. The molecule has 0 aromatic heterocycles. The predicted molar refractivity (Wildman–Crippen MR) is 48.3 cm³/mol. The van der Waals surface area contributed by atoms with Gasteiger partial charge in [-0.05, 0) is 35.0 Å². The van der Waals surface area contributed by atoms with Crippen molar-refractivity contribution >= 4 is 0 Å². The monoisotopic (exact) mass is 152 g/mol. The summed E-state index contributed by atoms with van der Waals surface area (Å²) in [5.41, 5.74) is 1.35. The first-order valence-electron chi connectivity index (χ1n) is 4.87. The van der Waals surface area contributed by atoms with E-state index in [2.05, 4.69) is 34.6 Å². The first-order chi connectivity index (χ1) is 4.87. The zero-order valence-electron chi connectivity index (χ0n) is 8.44. The van der Waals surface area contributed by atoms with Crippen molar-refractivity contribution in [2.24, 2.45) is 28.6 Å². The summed E-state index contributed by atoms with van der Waals surface area (Å²) >= 11 is 0. The van der Waals surface area contributed by atoms with E-state index in [9.17, 15) is 0 Å². The first-order valence-corrected chi connectivity index (χ1v) is 4.87. The van der Waals surface area contributed by atoms with Crippen molar-refractivity contribution in [3.05, 3.63) is 0 Å². The highest BCUT2D eigenvalue weighted by Crippen LogP contribution is 2.72. The van der Waals surface area contributed by atoms with Gasteiger partial charge in [-0.2, -0.15) is 0 Å². The van der Waals surface area contributed by atoms with E-state index in [1.807, 2.05) is 0 Å². The summed E-state index contributed by atoms with van der Waals surface area (Å²) in [5.74, 6) is 3.07. The molecule has 0 radical (unpaired) electrons. The van der Waals surface area contributed by atoms with Gasteiger partial charge >= 0.3 is 0 Å². The van der Waals surface area contributed by atoms with E-state index >= 15 is 0 Å². The van der Waals surface area contributed by atoms with Crippen molar-refractivity contribution < 1.29 is 0 Å². The fraction of sp³-hybridized carbons (Fsp3) is 1.00. The Morgan fingerprint density at radius 1 is 1.09 bits per heavy atom. The van der Waals surface area contributed by atoms with Crippen molar-refractivity contribution in [2.45, 2.75) is 41.0 Å². The highest BCUT2D eigenvalue weighted by Gasteiger charge is 2.66. The van der Waals surface area contributed by atoms with Gasteiger partial charge in [-0.1, -0.05) is 34.6 Å². The normalized spacial score (nSPS) is 50.5. The zero-order valence-corrected chi connectivity index (χ0v) is 8.44. The zero-order chi connectivity index (χ0) is 8.44. The van der Waals surface area contributed by atoms with Crippen LogP contribution in [0.4, 0.5) is 0 Å². The van der Waals surface area contributed by atoms with Crippen LogP contribution in [0.25, 0.3) is 0 Å². The van der Waals surface area contributed by atoms with Crippen LogP contribution in [0.3, 0.4) is 0 Å². The highest BCUT2D eigenvalue weighted by molar-refractivity contribution is 5.14. The first kappa shape index (κ1) is 7.64. The Labute approximate surface area is 70.4 Å². The average molecular weight is 152 g/mol. The van der Waals surface area contributed by atoms with Gasteiger partial charge in [0.25, 0.3) is 0 Å². The number of rotatable bonds is 1. The largest absolute Gasteiger partial charge is 0.0617 e. The molecule has 2 saturated carbocycles. The van der Waals surface area contributed by atoms with Gasteiger partial charge in [0, 0.05) is 0 Å². The van der Waals surface area contributed by atoms with E-state index in [1.165, 1.54) is 6.42 Å². The summed E-state index contributed by atoms with van der Waals surface area (Å²) in [7, 11) is 0. The fourth-order valence-electron chi connectivity index (χ4n) is 2.93. The van der Waals surface area contributed by atoms with E-state index in [4.69, 9.17) is 0 Å². The molecule has 0 N–H and O–H groups in total. The van der Waals surface area contributed by atoms with Gasteiger partial charge in [-0.25, -0.2) is 0 Å². The van der Waals surface area contributed by atoms with Gasteiger partial charge < -0.3 is 0 Å². The third-order valence-corrected chi connectivity index (χ3v) is 4.49. The summed E-state index contributed by atoms with van der Waals surface area (Å²) in [6.45, 7) is 12.1. The van der Waals surface area contributed by atoms with Crippen molar-refractivity contribution in [3.63, 3.8) is 0 Å². The molecule has 0 spiro atoms. The van der Waals surface area contributed by atoms with Crippen molar-refractivity contribution in [1.82, 2.24) is 0 Å². The molecule has 0 bridgehead atoms. The van der Waals surface area contributed by atoms with Crippen LogP contribution in [-0.2, 0) is 0 Å². The minimum absolute atomic E-state index is 0.665. The Morgan fingerprint density at radius 3 is 1.55 bits per heavy atom. The molecule has 3 unspecified atom stereocenters. The molecule has 0 aliphatic heterocycles. The van der Waals surface area contributed by atoms with Gasteiger partial charge in [0.15, 0.2) is 0 Å². The SMILES string of the molecule is CC1C(C2CC2(C)C)C1(C)C. The lowest BCUT2D eigenvalue weighted by atomic mass is 10.0. The van der Waals surface area contributed by atoms with Crippen LogP contribution in [0.5, 0.6) is 0 Å². The van der Waals surface area contributed by atoms with Crippen LogP contribution in [0.15, 0.2) is 0 Å². The van der Waals surface area contributed by atoms with Crippen LogP contribution >= 0.6 is 0 Å². The van der Waals surface area contributed by atoms with Gasteiger partial charge in [-0.3, -0.25) is 0 Å². The molecule has 0 heteroatoms. The molecule has 11 heavy (non-hydrogen) atoms. The van der Waals surface area contributed by atoms with Crippen LogP contribution in [0.1, 0.15) is 41.0 Å². The van der Waals surface area contributed by atoms with Gasteiger partial charge in [0.1, 0.15) is 0 Å². The van der Waals surface area contributed by atoms with Crippen molar-refractivity contribution in [1.29, 1.82) is 0 Å². The van der Waals surface area contributed by atoms with Crippen LogP contribution in [0.2, 0.25) is 0 Å². The van der Waals surface area contributed by atoms with E-state index < -0.39 is 0 Å². The van der Waals surface area contributed by atoms with Crippen LogP contribution in [-0.4, -0.2) is 0 Å². The van der Waals surface area contributed by atoms with Crippen LogP contribution in [0, 0.1) is 28.6 Å². The molecule has 3 atom stereocenters. The second-order valence-electron chi connectivity index (χ2n) is 5.94. The Balaban J connectivity index is 2.03. The Morgan fingerprint density at radius 2 is 1.45 bits per heavy atom. The summed E-state index contributed by atoms with van der Waals surface area (Å²) in [6.07, 6.45) is 1.48. The lowest BCUT2D eigenvalue weighted by molar-refractivity contribution is 0.448. The van der Waals surface area contributed by atoms with E-state index in [0.29, 0.717) is 10.8 Å². The Bertz CT molecular complexity index is 188. The second kappa shape index (κ2) is 1.67. The third kappa shape index (κ3) is 0.878. The Hall–Kier alpha value is 0. The summed E-state index contributed by atoms with van der Waals surface area (Å²) in [4.78, 5) is 0.